The first-order valence-corrected chi connectivity index (χ1v) is 14.1. The standard InChI is InChI=1S/C24H51N3O2Si/c1-5-9-11-14-25(15-12-10-6-2)17-20-27-21-18-26(19-22-27)16-13-23-30-24(28-7-3)29-8-4/h24H,5-23H2,1-4H3. The number of ether oxygens (including phenoxy) is 2. The van der Waals surface area contributed by atoms with Crippen LogP contribution in [0.15, 0.2) is 0 Å². The lowest BCUT2D eigenvalue weighted by atomic mass is 10.2. The average Bonchev–Trinajstić information content (AvgIpc) is 2.76. The Morgan fingerprint density at radius 1 is 0.700 bits per heavy atom. The number of piperazine rings is 1. The highest BCUT2D eigenvalue weighted by Gasteiger charge is 2.17. The molecule has 6 heteroatoms. The molecular weight excluding hydrogens is 390 g/mol. The largest absolute Gasteiger partial charge is 0.357 e. The van der Waals surface area contributed by atoms with Crippen LogP contribution >= 0.6 is 0 Å². The maximum absolute atomic E-state index is 5.66. The van der Waals surface area contributed by atoms with Crippen molar-refractivity contribution in [1.82, 2.24) is 14.7 Å². The molecule has 0 aliphatic carbocycles. The maximum atomic E-state index is 5.66. The van der Waals surface area contributed by atoms with Crippen LogP contribution < -0.4 is 0 Å². The Kier molecular flexibility index (Phi) is 18.4. The lowest BCUT2D eigenvalue weighted by Gasteiger charge is -2.36. The van der Waals surface area contributed by atoms with Gasteiger partial charge in [0.2, 0.25) is 0 Å². The fourth-order valence-corrected chi connectivity index (χ4v) is 5.18. The normalized spacial score (nSPS) is 16.2. The summed E-state index contributed by atoms with van der Waals surface area (Å²) in [4.78, 5) is 8.06. The highest BCUT2D eigenvalue weighted by molar-refractivity contribution is 6.36. The van der Waals surface area contributed by atoms with Gasteiger partial charge in [-0.2, -0.15) is 0 Å². The van der Waals surface area contributed by atoms with Crippen LogP contribution in [-0.4, -0.2) is 102 Å². The van der Waals surface area contributed by atoms with E-state index >= 15 is 0 Å². The molecule has 1 aliphatic heterocycles. The molecule has 0 unspecified atom stereocenters. The topological polar surface area (TPSA) is 28.2 Å². The predicted octanol–water partition coefficient (Wildman–Crippen LogP) is 4.16. The van der Waals surface area contributed by atoms with E-state index in [4.69, 9.17) is 9.47 Å². The monoisotopic (exact) mass is 441 g/mol. The van der Waals surface area contributed by atoms with E-state index < -0.39 is 0 Å². The minimum atomic E-state index is 0.0226. The Morgan fingerprint density at radius 3 is 1.73 bits per heavy atom. The summed E-state index contributed by atoms with van der Waals surface area (Å²) in [6.07, 6.45) is 9.39. The molecular formula is C24H51N3O2Si. The van der Waals surface area contributed by atoms with Crippen LogP contribution in [0.1, 0.15) is 72.6 Å². The summed E-state index contributed by atoms with van der Waals surface area (Å²) < 4.78 is 11.3. The molecule has 30 heavy (non-hydrogen) atoms. The third kappa shape index (κ3) is 14.1. The van der Waals surface area contributed by atoms with Crippen molar-refractivity contribution >= 4 is 9.52 Å². The summed E-state index contributed by atoms with van der Waals surface area (Å²) in [5.41, 5.74) is 0. The van der Waals surface area contributed by atoms with E-state index in [1.165, 1.54) is 110 Å². The van der Waals surface area contributed by atoms with Crippen LogP contribution in [-0.2, 0) is 9.47 Å². The lowest BCUT2D eigenvalue weighted by molar-refractivity contribution is -0.0828. The first-order chi connectivity index (χ1) is 14.7. The summed E-state index contributed by atoms with van der Waals surface area (Å²) in [6.45, 7) is 21.4. The van der Waals surface area contributed by atoms with Gasteiger partial charge in [0.1, 0.15) is 15.4 Å². The highest BCUT2D eigenvalue weighted by Crippen LogP contribution is 2.07. The fraction of sp³-hybridized carbons (Fsp3) is 1.00. The van der Waals surface area contributed by atoms with Gasteiger partial charge < -0.3 is 19.3 Å². The van der Waals surface area contributed by atoms with Gasteiger partial charge in [-0.25, -0.2) is 0 Å². The number of rotatable bonds is 20. The van der Waals surface area contributed by atoms with Gasteiger partial charge in [0, 0.05) is 52.5 Å². The summed E-state index contributed by atoms with van der Waals surface area (Å²) >= 11 is 0. The summed E-state index contributed by atoms with van der Waals surface area (Å²) in [5, 5.41) is 0. The minimum Gasteiger partial charge on any atom is -0.357 e. The van der Waals surface area contributed by atoms with Crippen molar-refractivity contribution in [1.29, 1.82) is 0 Å². The van der Waals surface area contributed by atoms with Crippen LogP contribution in [0.2, 0.25) is 6.04 Å². The fourth-order valence-electron chi connectivity index (χ4n) is 4.02. The molecule has 1 heterocycles. The van der Waals surface area contributed by atoms with Gasteiger partial charge in [-0.15, -0.1) is 0 Å². The van der Waals surface area contributed by atoms with Crippen molar-refractivity contribution in [3.8, 4) is 0 Å². The second-order valence-corrected chi connectivity index (χ2v) is 9.87. The van der Waals surface area contributed by atoms with Gasteiger partial charge in [-0.1, -0.05) is 45.6 Å². The third-order valence-corrected chi connectivity index (χ3v) is 7.26. The van der Waals surface area contributed by atoms with E-state index in [1.54, 1.807) is 0 Å². The van der Waals surface area contributed by atoms with Gasteiger partial charge in [-0.05, 0) is 52.7 Å². The second kappa shape index (κ2) is 19.7. The SMILES string of the molecule is CCCCCN(CCCCC)CCN1CCN(CCC[Si]C(OCC)OCC)CC1. The number of hydrogen-bond acceptors (Lipinski definition) is 5. The average molecular weight is 442 g/mol. The Hall–Kier alpha value is 0.0169. The van der Waals surface area contributed by atoms with Crippen LogP contribution in [0.3, 0.4) is 0 Å². The summed E-state index contributed by atoms with van der Waals surface area (Å²) in [6, 6.07) is 1.22. The molecule has 0 aromatic heterocycles. The molecule has 1 saturated heterocycles. The molecule has 0 atom stereocenters. The molecule has 1 rings (SSSR count). The van der Waals surface area contributed by atoms with Crippen molar-refractivity contribution < 1.29 is 9.47 Å². The van der Waals surface area contributed by atoms with E-state index in [-0.39, 0.29) is 5.91 Å². The lowest BCUT2D eigenvalue weighted by Crippen LogP contribution is -2.48. The first kappa shape index (κ1) is 28.1. The molecule has 1 fully saturated rings. The summed E-state index contributed by atoms with van der Waals surface area (Å²) in [5.74, 6) is 0.0226. The van der Waals surface area contributed by atoms with Gasteiger partial charge in [0.05, 0.1) is 0 Å². The molecule has 0 spiro atoms. The number of unbranched alkanes of at least 4 members (excludes halogenated alkanes) is 4. The first-order valence-electron chi connectivity index (χ1n) is 12.9. The van der Waals surface area contributed by atoms with Gasteiger partial charge in [-0.3, -0.25) is 4.90 Å². The number of hydrogen-bond donors (Lipinski definition) is 0. The highest BCUT2D eigenvalue weighted by atomic mass is 28.2. The summed E-state index contributed by atoms with van der Waals surface area (Å²) in [7, 11) is 0.762. The third-order valence-electron chi connectivity index (χ3n) is 5.95. The van der Waals surface area contributed by atoms with E-state index in [9.17, 15) is 0 Å². The van der Waals surface area contributed by atoms with Crippen molar-refractivity contribution in [2.75, 3.05) is 72.1 Å². The van der Waals surface area contributed by atoms with Gasteiger partial charge >= 0.3 is 0 Å². The zero-order chi connectivity index (χ0) is 21.9. The molecule has 2 radical (unpaired) electrons. The Morgan fingerprint density at radius 2 is 1.23 bits per heavy atom. The van der Waals surface area contributed by atoms with Crippen molar-refractivity contribution in [3.05, 3.63) is 0 Å². The van der Waals surface area contributed by atoms with E-state index in [2.05, 4.69) is 28.5 Å². The molecule has 0 saturated carbocycles. The van der Waals surface area contributed by atoms with Crippen molar-refractivity contribution in [2.45, 2.75) is 84.6 Å². The molecule has 1 aliphatic rings. The number of nitrogens with zero attached hydrogens (tertiary/aromatic N) is 3. The van der Waals surface area contributed by atoms with Gasteiger partial charge in [0.15, 0.2) is 0 Å². The molecule has 0 aromatic rings. The second-order valence-electron chi connectivity index (χ2n) is 8.49. The predicted molar refractivity (Wildman–Crippen MR) is 131 cm³/mol. The molecule has 0 bridgehead atoms. The van der Waals surface area contributed by atoms with E-state index in [0.29, 0.717) is 0 Å². The smallest absolute Gasteiger partial charge is 0.137 e. The molecule has 0 N–H and O–H groups in total. The van der Waals surface area contributed by atoms with Crippen molar-refractivity contribution in [3.63, 3.8) is 0 Å². The zero-order valence-electron chi connectivity index (χ0n) is 20.7. The minimum absolute atomic E-state index is 0.0226. The van der Waals surface area contributed by atoms with E-state index in [1.807, 2.05) is 13.8 Å². The molecule has 178 valence electrons. The van der Waals surface area contributed by atoms with Gasteiger partial charge in [0.25, 0.3) is 0 Å². The Bertz CT molecular complexity index is 352. The van der Waals surface area contributed by atoms with Crippen molar-refractivity contribution in [2.24, 2.45) is 0 Å². The molecule has 5 nitrogen and oxygen atoms in total. The zero-order valence-corrected chi connectivity index (χ0v) is 21.7. The quantitative estimate of drug-likeness (QED) is 0.161. The van der Waals surface area contributed by atoms with Crippen LogP contribution in [0.5, 0.6) is 0 Å². The Labute approximate surface area is 190 Å². The van der Waals surface area contributed by atoms with Crippen LogP contribution in [0, 0.1) is 0 Å². The molecule has 0 aromatic carbocycles. The van der Waals surface area contributed by atoms with Crippen LogP contribution in [0.4, 0.5) is 0 Å². The Balaban J connectivity index is 2.16. The molecule has 0 amide bonds. The van der Waals surface area contributed by atoms with Crippen LogP contribution in [0.25, 0.3) is 0 Å². The maximum Gasteiger partial charge on any atom is 0.137 e. The van der Waals surface area contributed by atoms with E-state index in [0.717, 1.165) is 22.7 Å².